The van der Waals surface area contributed by atoms with E-state index in [1.807, 2.05) is 18.2 Å². The van der Waals surface area contributed by atoms with E-state index < -0.39 is 5.91 Å². The molecule has 5 nitrogen and oxygen atoms in total. The normalized spacial score (nSPS) is 10.2. The molecule has 2 amide bonds. The number of rotatable bonds is 4. The van der Waals surface area contributed by atoms with Gasteiger partial charge in [-0.15, -0.1) is 0 Å². The summed E-state index contributed by atoms with van der Waals surface area (Å²) in [4.78, 5) is 21.9. The Bertz CT molecular complexity index is 475. The molecule has 0 heterocycles. The van der Waals surface area contributed by atoms with Gasteiger partial charge in [0.1, 0.15) is 5.75 Å². The van der Waals surface area contributed by atoms with Gasteiger partial charge in [-0.05, 0) is 39.5 Å². The van der Waals surface area contributed by atoms with E-state index in [0.29, 0.717) is 11.7 Å². The Balaban J connectivity index is 2.54. The molecule has 0 saturated heterocycles. The van der Waals surface area contributed by atoms with Gasteiger partial charge in [0.2, 0.25) is 5.91 Å². The molecule has 1 rings (SSSR count). The van der Waals surface area contributed by atoms with Gasteiger partial charge in [-0.1, -0.05) is 19.9 Å². The minimum atomic E-state index is -0.421. The lowest BCUT2D eigenvalue weighted by Gasteiger charge is -2.11. The van der Waals surface area contributed by atoms with Crippen molar-refractivity contribution in [1.29, 1.82) is 0 Å². The summed E-state index contributed by atoms with van der Waals surface area (Å²) in [5.41, 5.74) is 5.60. The van der Waals surface area contributed by atoms with Crippen molar-refractivity contribution in [3.63, 3.8) is 0 Å². The van der Waals surface area contributed by atoms with Gasteiger partial charge in [-0.2, -0.15) is 0 Å². The van der Waals surface area contributed by atoms with E-state index in [1.54, 1.807) is 0 Å². The maximum absolute atomic E-state index is 11.3. The molecule has 6 heteroatoms. The van der Waals surface area contributed by atoms with Crippen LogP contribution in [0.3, 0.4) is 0 Å². The Labute approximate surface area is 120 Å². The average Bonchev–Trinajstić information content (AvgIpc) is 2.34. The summed E-state index contributed by atoms with van der Waals surface area (Å²) in [6.45, 7) is 5.34. The summed E-state index contributed by atoms with van der Waals surface area (Å²) in [5.74, 6) is 0.252. The van der Waals surface area contributed by atoms with Gasteiger partial charge >= 0.3 is 0 Å². The third kappa shape index (κ3) is 5.30. The molecule has 1 aromatic rings. The Morgan fingerprint density at radius 3 is 2.53 bits per heavy atom. The first-order valence-corrected chi connectivity index (χ1v) is 6.67. The lowest BCUT2D eigenvalue weighted by molar-refractivity contribution is -0.129. The molecule has 2 N–H and O–H groups in total. The van der Waals surface area contributed by atoms with Crippen molar-refractivity contribution in [2.45, 2.75) is 26.7 Å². The standard InChI is InChI=1S/C13H17BrN2O3/c1-8(2)10-4-5-12(11(14)6-10)19-7-13(18)16-15-9(3)17/h4-6,8H,7H2,1-3H3,(H,15,17)(H,16,18). The topological polar surface area (TPSA) is 67.4 Å². The quantitative estimate of drug-likeness (QED) is 0.832. The maximum Gasteiger partial charge on any atom is 0.276 e. The highest BCUT2D eigenvalue weighted by molar-refractivity contribution is 9.10. The highest BCUT2D eigenvalue weighted by atomic mass is 79.9. The number of carbonyl (C=O) groups excluding carboxylic acids is 2. The Morgan fingerprint density at radius 2 is 2.00 bits per heavy atom. The van der Waals surface area contributed by atoms with E-state index in [2.05, 4.69) is 40.6 Å². The highest BCUT2D eigenvalue weighted by Crippen LogP contribution is 2.28. The molecule has 0 atom stereocenters. The van der Waals surface area contributed by atoms with E-state index >= 15 is 0 Å². The molecule has 0 radical (unpaired) electrons. The molecular weight excluding hydrogens is 312 g/mol. The van der Waals surface area contributed by atoms with Crippen molar-refractivity contribution >= 4 is 27.7 Å². The summed E-state index contributed by atoms with van der Waals surface area (Å²) in [6.07, 6.45) is 0. The van der Waals surface area contributed by atoms with Crippen molar-refractivity contribution in [3.8, 4) is 5.75 Å². The summed E-state index contributed by atoms with van der Waals surface area (Å²) >= 11 is 3.40. The van der Waals surface area contributed by atoms with E-state index in [-0.39, 0.29) is 12.5 Å². The zero-order chi connectivity index (χ0) is 14.4. The van der Waals surface area contributed by atoms with Gasteiger partial charge < -0.3 is 4.74 Å². The number of hydrogen-bond acceptors (Lipinski definition) is 3. The molecule has 0 saturated carbocycles. The van der Waals surface area contributed by atoms with Crippen LogP contribution in [0.5, 0.6) is 5.75 Å². The first-order chi connectivity index (χ1) is 8.90. The maximum atomic E-state index is 11.3. The van der Waals surface area contributed by atoms with E-state index in [4.69, 9.17) is 4.74 Å². The number of hydrazine groups is 1. The molecule has 1 aromatic carbocycles. The largest absolute Gasteiger partial charge is 0.483 e. The number of amides is 2. The van der Waals surface area contributed by atoms with Gasteiger partial charge in [0.25, 0.3) is 5.91 Å². The van der Waals surface area contributed by atoms with Crippen LogP contribution in [0.25, 0.3) is 0 Å². The van der Waals surface area contributed by atoms with Crippen LogP contribution in [0.15, 0.2) is 22.7 Å². The lowest BCUT2D eigenvalue weighted by atomic mass is 10.0. The van der Waals surface area contributed by atoms with Crippen molar-refractivity contribution in [3.05, 3.63) is 28.2 Å². The summed E-state index contributed by atoms with van der Waals surface area (Å²) in [7, 11) is 0. The highest BCUT2D eigenvalue weighted by Gasteiger charge is 2.08. The Morgan fingerprint density at radius 1 is 1.32 bits per heavy atom. The molecule has 0 aromatic heterocycles. The molecule has 0 unspecified atom stereocenters. The zero-order valence-corrected chi connectivity index (χ0v) is 12.7. The summed E-state index contributed by atoms with van der Waals surface area (Å²) in [6, 6.07) is 5.73. The molecule has 0 spiro atoms. The Hall–Kier alpha value is -1.56. The fourth-order valence-corrected chi connectivity index (χ4v) is 1.84. The zero-order valence-electron chi connectivity index (χ0n) is 11.1. The summed E-state index contributed by atoms with van der Waals surface area (Å²) < 4.78 is 6.15. The number of nitrogens with one attached hydrogen (secondary N) is 2. The van der Waals surface area contributed by atoms with Crippen molar-refractivity contribution < 1.29 is 14.3 Å². The van der Waals surface area contributed by atoms with E-state index in [9.17, 15) is 9.59 Å². The SMILES string of the molecule is CC(=O)NNC(=O)COc1ccc(C(C)C)cc1Br. The fraction of sp³-hybridized carbons (Fsp3) is 0.385. The molecule has 0 bridgehead atoms. The second-order valence-electron chi connectivity index (χ2n) is 4.36. The molecule has 0 aliphatic heterocycles. The predicted molar refractivity (Wildman–Crippen MR) is 75.7 cm³/mol. The van der Waals surface area contributed by atoms with Gasteiger partial charge in [0.05, 0.1) is 4.47 Å². The number of benzene rings is 1. The second kappa shape index (κ2) is 7.13. The third-order valence-electron chi connectivity index (χ3n) is 2.36. The molecular formula is C13H17BrN2O3. The van der Waals surface area contributed by atoms with Crippen LogP contribution in [-0.4, -0.2) is 18.4 Å². The average molecular weight is 329 g/mol. The van der Waals surface area contributed by atoms with Crippen LogP contribution in [0.2, 0.25) is 0 Å². The van der Waals surface area contributed by atoms with Crippen molar-refractivity contribution in [2.24, 2.45) is 0 Å². The molecule has 0 aliphatic rings. The van der Waals surface area contributed by atoms with Crippen LogP contribution in [0, 0.1) is 0 Å². The van der Waals surface area contributed by atoms with E-state index in [0.717, 1.165) is 4.47 Å². The lowest BCUT2D eigenvalue weighted by Crippen LogP contribution is -2.42. The molecule has 19 heavy (non-hydrogen) atoms. The van der Waals surface area contributed by atoms with Crippen molar-refractivity contribution in [1.82, 2.24) is 10.9 Å². The van der Waals surface area contributed by atoms with Crippen LogP contribution in [-0.2, 0) is 9.59 Å². The van der Waals surface area contributed by atoms with Crippen LogP contribution < -0.4 is 15.6 Å². The minimum Gasteiger partial charge on any atom is -0.483 e. The second-order valence-corrected chi connectivity index (χ2v) is 5.22. The summed E-state index contributed by atoms with van der Waals surface area (Å²) in [5, 5.41) is 0. The van der Waals surface area contributed by atoms with Crippen LogP contribution >= 0.6 is 15.9 Å². The Kier molecular flexibility index (Phi) is 5.82. The van der Waals surface area contributed by atoms with Gasteiger partial charge in [0, 0.05) is 6.92 Å². The van der Waals surface area contributed by atoms with E-state index in [1.165, 1.54) is 12.5 Å². The predicted octanol–water partition coefficient (Wildman–Crippen LogP) is 2.12. The van der Waals surface area contributed by atoms with Crippen LogP contribution in [0.4, 0.5) is 0 Å². The smallest absolute Gasteiger partial charge is 0.276 e. The van der Waals surface area contributed by atoms with Gasteiger partial charge in [-0.25, -0.2) is 0 Å². The number of carbonyl (C=O) groups is 2. The molecule has 0 aliphatic carbocycles. The van der Waals surface area contributed by atoms with Crippen LogP contribution in [0.1, 0.15) is 32.3 Å². The van der Waals surface area contributed by atoms with Crippen molar-refractivity contribution in [2.75, 3.05) is 6.61 Å². The van der Waals surface area contributed by atoms with Gasteiger partial charge in [0.15, 0.2) is 6.61 Å². The van der Waals surface area contributed by atoms with Gasteiger partial charge in [-0.3, -0.25) is 20.4 Å². The minimum absolute atomic E-state index is 0.167. The number of hydrogen-bond donors (Lipinski definition) is 2. The third-order valence-corrected chi connectivity index (χ3v) is 2.98. The fourth-order valence-electron chi connectivity index (χ4n) is 1.33. The molecule has 0 fully saturated rings. The first kappa shape index (κ1) is 15.5. The molecule has 104 valence electrons. The number of halogens is 1. The monoisotopic (exact) mass is 328 g/mol. The number of ether oxygens (including phenoxy) is 1. The first-order valence-electron chi connectivity index (χ1n) is 5.87.